The normalized spacial score (nSPS) is 48.3. The average Bonchev–Trinajstić information content (AvgIpc) is 3.00. The van der Waals surface area contributed by atoms with E-state index in [-0.39, 0.29) is 5.54 Å². The monoisotopic (exact) mass is 363 g/mol. The first kappa shape index (κ1) is 18.0. The van der Waals surface area contributed by atoms with Gasteiger partial charge in [-0.25, -0.2) is 0 Å². The number of hydrogen-bond acceptors (Lipinski definition) is 1. The van der Waals surface area contributed by atoms with Crippen LogP contribution in [0.1, 0.15) is 79.1 Å². The van der Waals surface area contributed by atoms with Crippen LogP contribution in [0.5, 0.6) is 0 Å². The Morgan fingerprint density at radius 1 is 1.15 bits per heavy atom. The molecule has 0 aromatic heterocycles. The zero-order chi connectivity index (χ0) is 19.0. The number of rotatable bonds is 2. The van der Waals surface area contributed by atoms with Gasteiger partial charge in [0.15, 0.2) is 0 Å². The van der Waals surface area contributed by atoms with Crippen LogP contribution in [-0.4, -0.2) is 11.1 Å². The van der Waals surface area contributed by atoms with E-state index in [0.29, 0.717) is 16.9 Å². The number of piperidine rings is 1. The van der Waals surface area contributed by atoms with E-state index in [9.17, 15) is 0 Å². The van der Waals surface area contributed by atoms with E-state index in [1.54, 1.807) is 16.7 Å². The van der Waals surface area contributed by atoms with Crippen molar-refractivity contribution in [1.82, 2.24) is 5.32 Å². The van der Waals surface area contributed by atoms with Crippen LogP contribution in [-0.2, 0) is 0 Å². The highest BCUT2D eigenvalue weighted by molar-refractivity contribution is 5.47. The quantitative estimate of drug-likeness (QED) is 0.553. The summed E-state index contributed by atoms with van der Waals surface area (Å²) in [6, 6.07) is 0. The molecule has 5 rings (SSSR count). The van der Waals surface area contributed by atoms with Crippen molar-refractivity contribution in [2.45, 2.75) is 90.1 Å². The second-order valence-corrected chi connectivity index (χ2v) is 11.0. The van der Waals surface area contributed by atoms with Gasteiger partial charge >= 0.3 is 0 Å². The highest BCUT2D eigenvalue weighted by Crippen LogP contribution is 2.58. The second-order valence-electron chi connectivity index (χ2n) is 11.0. The molecule has 1 nitrogen and oxygen atoms in total. The van der Waals surface area contributed by atoms with Gasteiger partial charge in [0.05, 0.1) is 5.54 Å². The minimum Gasteiger partial charge on any atom is -0.298 e. The highest BCUT2D eigenvalue weighted by Gasteiger charge is 2.56. The van der Waals surface area contributed by atoms with Crippen molar-refractivity contribution in [3.05, 3.63) is 47.1 Å². The summed E-state index contributed by atoms with van der Waals surface area (Å²) < 4.78 is 0. The van der Waals surface area contributed by atoms with Crippen molar-refractivity contribution in [1.29, 1.82) is 0 Å². The molecule has 1 saturated heterocycles. The highest BCUT2D eigenvalue weighted by atomic mass is 15.1. The van der Waals surface area contributed by atoms with Crippen molar-refractivity contribution >= 4 is 0 Å². The lowest BCUT2D eigenvalue weighted by molar-refractivity contribution is 0.106. The SMILES string of the molecule is C=C(C)C1CCC2(C)CC(C34C=CC5CCC(CC3)C5(C)N4)=CC(C)=C2C1. The fraction of sp³-hybridized carbons (Fsp3) is 0.692. The van der Waals surface area contributed by atoms with Gasteiger partial charge in [0.25, 0.3) is 0 Å². The van der Waals surface area contributed by atoms with Gasteiger partial charge in [-0.15, -0.1) is 0 Å². The predicted molar refractivity (Wildman–Crippen MR) is 115 cm³/mol. The maximum atomic E-state index is 4.26. The van der Waals surface area contributed by atoms with E-state index in [4.69, 9.17) is 0 Å². The number of hydrogen-bond donors (Lipinski definition) is 1. The van der Waals surface area contributed by atoms with Gasteiger partial charge in [-0.1, -0.05) is 48.5 Å². The van der Waals surface area contributed by atoms with Crippen LogP contribution in [0.25, 0.3) is 0 Å². The number of nitrogens with one attached hydrogen (secondary N) is 1. The summed E-state index contributed by atoms with van der Waals surface area (Å²) in [5.74, 6) is 2.31. The fourth-order valence-electron chi connectivity index (χ4n) is 7.51. The molecule has 3 fully saturated rings. The summed E-state index contributed by atoms with van der Waals surface area (Å²) in [6.45, 7) is 13.9. The molecule has 27 heavy (non-hydrogen) atoms. The Bertz CT molecular complexity index is 782. The predicted octanol–water partition coefficient (Wildman–Crippen LogP) is 6.49. The minimum atomic E-state index is 0.118. The number of allylic oxidation sites excluding steroid dienone is 4. The third kappa shape index (κ3) is 2.46. The Morgan fingerprint density at radius 3 is 2.74 bits per heavy atom. The summed E-state index contributed by atoms with van der Waals surface area (Å²) in [6.07, 6.45) is 18.3. The molecule has 6 unspecified atom stereocenters. The second kappa shape index (κ2) is 5.72. The molecule has 0 amide bonds. The van der Waals surface area contributed by atoms with Crippen LogP contribution in [0.15, 0.2) is 47.1 Å². The molecule has 3 aliphatic carbocycles. The Labute approximate surface area is 166 Å². The average molecular weight is 364 g/mol. The molecule has 2 bridgehead atoms. The summed E-state index contributed by atoms with van der Waals surface area (Å²) in [5.41, 5.74) is 7.12. The van der Waals surface area contributed by atoms with Gasteiger partial charge in [-0.05, 0) is 101 Å². The molecule has 6 atom stereocenters. The van der Waals surface area contributed by atoms with Crippen LogP contribution in [0.2, 0.25) is 0 Å². The van der Waals surface area contributed by atoms with Gasteiger partial charge < -0.3 is 0 Å². The molecule has 0 spiro atoms. The van der Waals surface area contributed by atoms with E-state index >= 15 is 0 Å². The van der Waals surface area contributed by atoms with E-state index < -0.39 is 0 Å². The van der Waals surface area contributed by atoms with E-state index in [2.05, 4.69) is 57.8 Å². The Kier molecular flexibility index (Phi) is 3.81. The van der Waals surface area contributed by atoms with Gasteiger partial charge in [-0.2, -0.15) is 0 Å². The molecule has 0 aromatic carbocycles. The zero-order valence-corrected chi connectivity index (χ0v) is 17.8. The van der Waals surface area contributed by atoms with Crippen LogP contribution in [0.4, 0.5) is 0 Å². The first-order valence-corrected chi connectivity index (χ1v) is 11.3. The topological polar surface area (TPSA) is 12.0 Å². The van der Waals surface area contributed by atoms with Gasteiger partial charge in [-0.3, -0.25) is 5.32 Å². The lowest BCUT2D eigenvalue weighted by Gasteiger charge is -2.56. The maximum Gasteiger partial charge on any atom is 0.0587 e. The van der Waals surface area contributed by atoms with E-state index in [0.717, 1.165) is 11.8 Å². The fourth-order valence-corrected chi connectivity index (χ4v) is 7.51. The summed E-state index contributed by atoms with van der Waals surface area (Å²) in [4.78, 5) is 0. The molecular formula is C26H37N. The van der Waals surface area contributed by atoms with Gasteiger partial charge in [0.2, 0.25) is 0 Å². The van der Waals surface area contributed by atoms with E-state index in [1.807, 2.05) is 0 Å². The standard InChI is InChI=1S/C26H37N/c1-17(2)19-8-11-24(4)16-22(14-18(3)23(24)15-19)26-12-9-20-6-7-21(10-13-26)25(20,5)27-26/h9,12,14,19-21,27H,1,6-8,10-11,13,15-16H2,2-5H3. The van der Waals surface area contributed by atoms with Crippen molar-refractivity contribution in [2.24, 2.45) is 23.2 Å². The third-order valence-electron chi connectivity index (χ3n) is 9.38. The largest absolute Gasteiger partial charge is 0.298 e. The van der Waals surface area contributed by atoms with E-state index in [1.165, 1.54) is 56.9 Å². The Hall–Kier alpha value is -1.08. The molecule has 2 aliphatic heterocycles. The van der Waals surface area contributed by atoms with Crippen molar-refractivity contribution in [2.75, 3.05) is 0 Å². The first-order valence-electron chi connectivity index (χ1n) is 11.3. The molecule has 146 valence electrons. The summed E-state index contributed by atoms with van der Waals surface area (Å²) >= 11 is 0. The van der Waals surface area contributed by atoms with Crippen LogP contribution in [0.3, 0.4) is 0 Å². The Balaban J connectivity index is 1.53. The first-order chi connectivity index (χ1) is 12.8. The molecule has 2 heterocycles. The summed E-state index contributed by atoms with van der Waals surface area (Å²) in [5, 5.41) is 4.24. The molecular weight excluding hydrogens is 326 g/mol. The van der Waals surface area contributed by atoms with Crippen LogP contribution < -0.4 is 5.32 Å². The summed E-state index contributed by atoms with van der Waals surface area (Å²) in [7, 11) is 0. The zero-order valence-electron chi connectivity index (χ0n) is 17.8. The third-order valence-corrected chi connectivity index (χ3v) is 9.38. The smallest absolute Gasteiger partial charge is 0.0587 e. The van der Waals surface area contributed by atoms with Crippen molar-refractivity contribution < 1.29 is 0 Å². The van der Waals surface area contributed by atoms with Crippen molar-refractivity contribution in [3.8, 4) is 0 Å². The lowest BCUT2D eigenvalue weighted by Crippen LogP contribution is -2.66. The maximum absolute atomic E-state index is 4.26. The van der Waals surface area contributed by atoms with Crippen LogP contribution in [0, 0.1) is 23.2 Å². The minimum absolute atomic E-state index is 0.118. The molecule has 5 aliphatic rings. The Morgan fingerprint density at radius 2 is 1.96 bits per heavy atom. The van der Waals surface area contributed by atoms with Crippen LogP contribution >= 0.6 is 0 Å². The molecule has 0 aromatic rings. The van der Waals surface area contributed by atoms with Gasteiger partial charge in [0.1, 0.15) is 0 Å². The molecule has 2 saturated carbocycles. The van der Waals surface area contributed by atoms with Gasteiger partial charge in [0, 0.05) is 5.54 Å². The lowest BCUT2D eigenvalue weighted by atomic mass is 9.57. The molecule has 0 radical (unpaired) electrons. The molecule has 1 heteroatoms. The molecule has 1 N–H and O–H groups in total. The van der Waals surface area contributed by atoms with Crippen molar-refractivity contribution in [3.63, 3.8) is 0 Å². The number of fused-ring (bicyclic) bond motifs is 2.